The number of hydrogen-bond acceptors (Lipinski definition) is 5. The van der Waals surface area contributed by atoms with Gasteiger partial charge in [-0.3, -0.25) is 9.36 Å². The van der Waals surface area contributed by atoms with Crippen LogP contribution in [0.1, 0.15) is 54.2 Å². The van der Waals surface area contributed by atoms with Gasteiger partial charge in [0.25, 0.3) is 0 Å². The number of hydrogen-bond donors (Lipinski definition) is 2. The predicted molar refractivity (Wildman–Crippen MR) is 115 cm³/mol. The number of thioether (sulfide) groups is 1. The molecule has 1 saturated carbocycles. The molecule has 5 rings (SSSR count). The van der Waals surface area contributed by atoms with Gasteiger partial charge >= 0.3 is 0 Å². The van der Waals surface area contributed by atoms with E-state index in [2.05, 4.69) is 31.1 Å². The topological polar surface area (TPSA) is 99.4 Å². The minimum Gasteiger partial charge on any atom is -0.344 e. The zero-order chi connectivity index (χ0) is 20.5. The fraction of sp³-hybridized carbons (Fsp3) is 0.364. The highest BCUT2D eigenvalue weighted by Crippen LogP contribution is 2.41. The lowest BCUT2D eigenvalue weighted by Crippen LogP contribution is -2.15. The molecular weight excluding hydrogens is 396 g/mol. The largest absolute Gasteiger partial charge is 0.344 e. The number of H-pyrrole nitrogens is 1. The van der Waals surface area contributed by atoms with Crippen molar-refractivity contribution in [2.45, 2.75) is 49.6 Å². The van der Waals surface area contributed by atoms with Crippen LogP contribution in [0.4, 0.5) is 5.82 Å². The molecule has 3 aromatic rings. The van der Waals surface area contributed by atoms with Gasteiger partial charge in [-0.2, -0.15) is 5.26 Å². The number of anilines is 1. The van der Waals surface area contributed by atoms with Gasteiger partial charge in [-0.15, -0.1) is 10.2 Å². The second-order valence-corrected chi connectivity index (χ2v) is 8.72. The first-order valence-corrected chi connectivity index (χ1v) is 11.3. The van der Waals surface area contributed by atoms with Crippen molar-refractivity contribution >= 4 is 23.5 Å². The van der Waals surface area contributed by atoms with Gasteiger partial charge in [-0.1, -0.05) is 30.0 Å². The highest BCUT2D eigenvalue weighted by Gasteiger charge is 2.31. The molecule has 0 unspecified atom stereocenters. The average molecular weight is 419 g/mol. The highest BCUT2D eigenvalue weighted by molar-refractivity contribution is 7.99. The van der Waals surface area contributed by atoms with E-state index in [1.165, 1.54) is 11.8 Å². The summed E-state index contributed by atoms with van der Waals surface area (Å²) in [7, 11) is 0. The minimum absolute atomic E-state index is 0.161. The molecule has 0 spiro atoms. The average Bonchev–Trinajstić information content (AvgIpc) is 3.43. The summed E-state index contributed by atoms with van der Waals surface area (Å²) in [5.74, 6) is 1.98. The molecule has 2 aromatic heterocycles. The van der Waals surface area contributed by atoms with Gasteiger partial charge in [0, 0.05) is 17.3 Å². The monoisotopic (exact) mass is 418 g/mol. The number of aryl methyl sites for hydroxylation is 1. The van der Waals surface area contributed by atoms with Crippen molar-refractivity contribution in [3.8, 4) is 11.8 Å². The number of amides is 1. The number of nitrogens with zero attached hydrogens (tertiary/aromatic N) is 4. The predicted octanol–water partition coefficient (Wildman–Crippen LogP) is 3.95. The van der Waals surface area contributed by atoms with E-state index in [9.17, 15) is 10.1 Å². The van der Waals surface area contributed by atoms with E-state index in [0.29, 0.717) is 22.5 Å². The first-order valence-electron chi connectivity index (χ1n) is 10.3. The number of carbonyl (C=O) groups excluding carboxylic acids is 1. The molecule has 152 valence electrons. The Bertz CT molecular complexity index is 1120. The molecule has 0 radical (unpaired) electrons. The van der Waals surface area contributed by atoms with Crippen LogP contribution in [0, 0.1) is 11.3 Å². The van der Waals surface area contributed by atoms with E-state index < -0.39 is 0 Å². The standard InChI is InChI=1S/C22H22N6OS/c23-12-17-16-8-4-5-9-18(16)24-20(17)25-19(29)13-30-22-27-26-21(14-10-11-14)28(22)15-6-2-1-3-7-15/h1-3,6-7,14,24H,4-5,8-11,13H2,(H,25,29). The molecule has 7 nitrogen and oxygen atoms in total. The van der Waals surface area contributed by atoms with E-state index in [4.69, 9.17) is 0 Å². The summed E-state index contributed by atoms with van der Waals surface area (Å²) in [6.45, 7) is 0. The van der Waals surface area contributed by atoms with Crippen molar-refractivity contribution in [1.82, 2.24) is 19.7 Å². The van der Waals surface area contributed by atoms with Crippen molar-refractivity contribution in [3.63, 3.8) is 0 Å². The second kappa shape index (κ2) is 8.00. The smallest absolute Gasteiger partial charge is 0.235 e. The number of nitrogens with one attached hydrogen (secondary N) is 2. The van der Waals surface area contributed by atoms with Crippen molar-refractivity contribution in [2.75, 3.05) is 11.1 Å². The fourth-order valence-corrected chi connectivity index (χ4v) is 4.77. The molecule has 0 atom stereocenters. The Morgan fingerprint density at radius 3 is 2.80 bits per heavy atom. The molecule has 2 heterocycles. The maximum atomic E-state index is 12.6. The van der Waals surface area contributed by atoms with Crippen LogP contribution in [0.15, 0.2) is 35.5 Å². The Morgan fingerprint density at radius 1 is 1.23 bits per heavy atom. The van der Waals surface area contributed by atoms with Crippen molar-refractivity contribution < 1.29 is 4.79 Å². The summed E-state index contributed by atoms with van der Waals surface area (Å²) in [6.07, 6.45) is 6.28. The third-order valence-corrected chi connectivity index (χ3v) is 6.55. The van der Waals surface area contributed by atoms with Crippen molar-refractivity contribution in [2.24, 2.45) is 0 Å². The van der Waals surface area contributed by atoms with Gasteiger partial charge in [0.1, 0.15) is 17.7 Å². The summed E-state index contributed by atoms with van der Waals surface area (Å²) in [5, 5.41) is 21.9. The zero-order valence-corrected chi connectivity index (χ0v) is 17.3. The number of benzene rings is 1. The Balaban J connectivity index is 1.32. The van der Waals surface area contributed by atoms with Crippen LogP contribution in [0.25, 0.3) is 5.69 Å². The Morgan fingerprint density at radius 2 is 2.03 bits per heavy atom. The number of aromatic nitrogens is 4. The van der Waals surface area contributed by atoms with Gasteiger partial charge in [-0.05, 0) is 56.2 Å². The number of carbonyl (C=O) groups is 1. The Hall–Kier alpha value is -3.05. The molecular formula is C22H22N6OS. The molecule has 8 heteroatoms. The van der Waals surface area contributed by atoms with Crippen LogP contribution in [-0.4, -0.2) is 31.4 Å². The first-order chi connectivity index (χ1) is 14.7. The van der Waals surface area contributed by atoms with Crippen LogP contribution in [0.2, 0.25) is 0 Å². The zero-order valence-electron chi connectivity index (χ0n) is 16.5. The van der Waals surface area contributed by atoms with E-state index >= 15 is 0 Å². The molecule has 2 aliphatic rings. The van der Waals surface area contributed by atoms with Gasteiger partial charge in [-0.25, -0.2) is 0 Å². The summed E-state index contributed by atoms with van der Waals surface area (Å²) in [5.41, 5.74) is 3.73. The molecule has 30 heavy (non-hydrogen) atoms. The normalized spacial score (nSPS) is 15.4. The lowest BCUT2D eigenvalue weighted by atomic mass is 9.95. The molecule has 0 bridgehead atoms. The number of fused-ring (bicyclic) bond motifs is 1. The Labute approximate surface area is 178 Å². The SMILES string of the molecule is N#Cc1c(NC(=O)CSc2nnc(C3CC3)n2-c2ccccc2)[nH]c2c1CCCC2. The highest BCUT2D eigenvalue weighted by atomic mass is 32.2. The molecule has 1 aromatic carbocycles. The second-order valence-electron chi connectivity index (χ2n) is 7.77. The summed E-state index contributed by atoms with van der Waals surface area (Å²) < 4.78 is 2.06. The summed E-state index contributed by atoms with van der Waals surface area (Å²) in [6, 6.07) is 12.3. The molecule has 0 saturated heterocycles. The summed E-state index contributed by atoms with van der Waals surface area (Å²) in [4.78, 5) is 15.9. The molecule has 2 aliphatic carbocycles. The first kappa shape index (κ1) is 18.9. The molecule has 1 amide bonds. The van der Waals surface area contributed by atoms with E-state index in [1.807, 2.05) is 30.3 Å². The van der Waals surface area contributed by atoms with Crippen LogP contribution < -0.4 is 5.32 Å². The number of aromatic amines is 1. The molecule has 0 aliphatic heterocycles. The number of para-hydroxylation sites is 1. The van der Waals surface area contributed by atoms with Crippen LogP contribution >= 0.6 is 11.8 Å². The molecule has 1 fully saturated rings. The third-order valence-electron chi connectivity index (χ3n) is 5.62. The number of rotatable bonds is 6. The lowest BCUT2D eigenvalue weighted by molar-refractivity contribution is -0.113. The van der Waals surface area contributed by atoms with Gasteiger partial charge < -0.3 is 10.3 Å². The quantitative estimate of drug-likeness (QED) is 0.591. The third kappa shape index (κ3) is 3.61. The maximum absolute atomic E-state index is 12.6. The van der Waals surface area contributed by atoms with Crippen molar-refractivity contribution in [1.29, 1.82) is 5.26 Å². The minimum atomic E-state index is -0.161. The van der Waals surface area contributed by atoms with Gasteiger partial charge in [0.05, 0.1) is 11.3 Å². The van der Waals surface area contributed by atoms with E-state index in [-0.39, 0.29) is 11.7 Å². The van der Waals surface area contributed by atoms with E-state index in [0.717, 1.165) is 61.3 Å². The lowest BCUT2D eigenvalue weighted by Gasteiger charge is -2.09. The van der Waals surface area contributed by atoms with Gasteiger partial charge in [0.15, 0.2) is 5.16 Å². The van der Waals surface area contributed by atoms with Crippen molar-refractivity contribution in [3.05, 3.63) is 53.0 Å². The molecule has 2 N–H and O–H groups in total. The van der Waals surface area contributed by atoms with Crippen LogP contribution in [0.5, 0.6) is 0 Å². The number of nitriles is 1. The van der Waals surface area contributed by atoms with E-state index in [1.54, 1.807) is 0 Å². The fourth-order valence-electron chi connectivity index (χ4n) is 4.01. The van der Waals surface area contributed by atoms with Crippen LogP contribution in [-0.2, 0) is 17.6 Å². The van der Waals surface area contributed by atoms with Gasteiger partial charge in [0.2, 0.25) is 5.91 Å². The maximum Gasteiger partial charge on any atom is 0.235 e. The summed E-state index contributed by atoms with van der Waals surface area (Å²) >= 11 is 1.36. The van der Waals surface area contributed by atoms with Crippen LogP contribution in [0.3, 0.4) is 0 Å². The Kier molecular flexibility index (Phi) is 5.05.